The van der Waals surface area contributed by atoms with Crippen molar-refractivity contribution >= 4 is 23.2 Å². The van der Waals surface area contributed by atoms with Gasteiger partial charge in [-0.25, -0.2) is 14.4 Å². The summed E-state index contributed by atoms with van der Waals surface area (Å²) in [6.45, 7) is 2.95. The summed E-state index contributed by atoms with van der Waals surface area (Å²) < 4.78 is 20.7. The molecule has 1 aromatic heterocycles. The number of piperidine rings is 2. The topological polar surface area (TPSA) is 148 Å². The Hall–Kier alpha value is -4.34. The molecule has 3 N–H and O–H groups in total. The summed E-state index contributed by atoms with van der Waals surface area (Å²) in [7, 11) is 0. The van der Waals surface area contributed by atoms with Gasteiger partial charge in [-0.15, -0.1) is 0 Å². The lowest BCUT2D eigenvalue weighted by atomic mass is 10.0. The maximum absolute atomic E-state index is 14.8. The number of nitrogens with one attached hydrogen (secondary N) is 1. The standard InChI is InChI=1S/C29H32FN7O4/c1-18(38)28(40)37-12-10-26(24(30)16-37)41-25-9-4-19(13-20(25)14-31)27-32-17-33-29(35-27)34-21-5-7-22(8-6-21)36-11-2-3-23(39)15-36/h4-9,13,17-18,23-24,26,38-39H,2-3,10-12,15-16H2,1H3,(H,32,33,34,35)/t18?,23-,24-,26+/m1/s1. The SMILES string of the molecule is CC(O)C(=O)N1CC[C@H](Oc2ccc(-c3ncnc(Nc4ccc(N5CCC[C@@H](O)C5)cc4)n3)cc2C#N)[C@H](F)C1. The average Bonchev–Trinajstić information content (AvgIpc) is 2.98. The number of ether oxygens (including phenoxy) is 1. The van der Waals surface area contributed by atoms with E-state index < -0.39 is 24.3 Å². The summed E-state index contributed by atoms with van der Waals surface area (Å²) >= 11 is 0. The first kappa shape index (κ1) is 28.2. The number of anilines is 3. The van der Waals surface area contributed by atoms with Crippen LogP contribution in [0, 0.1) is 11.3 Å². The Morgan fingerprint density at radius 3 is 2.68 bits per heavy atom. The van der Waals surface area contributed by atoms with E-state index in [1.807, 2.05) is 24.3 Å². The molecule has 214 valence electrons. The lowest BCUT2D eigenvalue weighted by molar-refractivity contribution is -0.143. The number of alkyl halides is 1. The first-order valence-electron chi connectivity index (χ1n) is 13.6. The number of likely N-dealkylation sites (tertiary alicyclic amines) is 1. The van der Waals surface area contributed by atoms with Crippen molar-refractivity contribution in [3.8, 4) is 23.2 Å². The summed E-state index contributed by atoms with van der Waals surface area (Å²) in [5, 5.41) is 32.4. The number of aromatic nitrogens is 3. The van der Waals surface area contributed by atoms with Crippen LogP contribution in [-0.2, 0) is 4.79 Å². The Balaban J connectivity index is 1.25. The second kappa shape index (κ2) is 12.4. The molecule has 11 nitrogen and oxygen atoms in total. The van der Waals surface area contributed by atoms with Gasteiger partial charge >= 0.3 is 0 Å². The summed E-state index contributed by atoms with van der Waals surface area (Å²) in [5.41, 5.74) is 2.58. The van der Waals surface area contributed by atoms with Gasteiger partial charge < -0.3 is 30.1 Å². The van der Waals surface area contributed by atoms with Crippen LogP contribution in [0.4, 0.5) is 21.7 Å². The van der Waals surface area contributed by atoms with Gasteiger partial charge in [-0.05, 0) is 62.2 Å². The Labute approximate surface area is 237 Å². The number of nitriles is 1. The van der Waals surface area contributed by atoms with Crippen molar-refractivity contribution < 1.29 is 24.1 Å². The molecule has 5 rings (SSSR count). The number of benzene rings is 2. The number of amides is 1. The molecule has 41 heavy (non-hydrogen) atoms. The van der Waals surface area contributed by atoms with Gasteiger partial charge in [-0.1, -0.05) is 0 Å². The minimum Gasteiger partial charge on any atom is -0.486 e. The van der Waals surface area contributed by atoms with Crippen LogP contribution in [0.3, 0.4) is 0 Å². The molecule has 0 radical (unpaired) electrons. The summed E-state index contributed by atoms with van der Waals surface area (Å²) in [5.74, 6) is 0.383. The summed E-state index contributed by atoms with van der Waals surface area (Å²) in [6.07, 6.45) is -0.394. The van der Waals surface area contributed by atoms with Gasteiger partial charge in [-0.3, -0.25) is 4.79 Å². The fraction of sp³-hybridized carbons (Fsp3) is 0.414. The number of halogens is 1. The molecule has 0 saturated carbocycles. The Kier molecular flexibility index (Phi) is 8.56. The van der Waals surface area contributed by atoms with Crippen LogP contribution in [0.5, 0.6) is 5.75 Å². The maximum atomic E-state index is 14.8. The van der Waals surface area contributed by atoms with Gasteiger partial charge in [0.15, 0.2) is 12.0 Å². The highest BCUT2D eigenvalue weighted by Gasteiger charge is 2.34. The van der Waals surface area contributed by atoms with Gasteiger partial charge in [0.1, 0.15) is 30.4 Å². The lowest BCUT2D eigenvalue weighted by Crippen LogP contribution is -2.51. The molecule has 2 saturated heterocycles. The summed E-state index contributed by atoms with van der Waals surface area (Å²) in [4.78, 5) is 28.4. The largest absolute Gasteiger partial charge is 0.486 e. The number of aliphatic hydroxyl groups excluding tert-OH is 2. The average molecular weight is 562 g/mol. The molecule has 4 atom stereocenters. The van der Waals surface area contributed by atoms with Gasteiger partial charge in [0, 0.05) is 43.0 Å². The van der Waals surface area contributed by atoms with Crippen molar-refractivity contribution in [1.29, 1.82) is 5.26 Å². The number of aliphatic hydroxyl groups is 2. The maximum Gasteiger partial charge on any atom is 0.251 e. The first-order valence-corrected chi connectivity index (χ1v) is 13.6. The van der Waals surface area contributed by atoms with E-state index in [0.717, 1.165) is 30.8 Å². The molecule has 0 spiro atoms. The van der Waals surface area contributed by atoms with E-state index >= 15 is 0 Å². The van der Waals surface area contributed by atoms with Crippen molar-refractivity contribution in [2.45, 2.75) is 50.7 Å². The molecule has 1 amide bonds. The highest BCUT2D eigenvalue weighted by atomic mass is 19.1. The van der Waals surface area contributed by atoms with Gasteiger partial charge in [0.05, 0.1) is 18.2 Å². The fourth-order valence-electron chi connectivity index (χ4n) is 5.07. The third kappa shape index (κ3) is 6.70. The minimum atomic E-state index is -1.46. The van der Waals surface area contributed by atoms with E-state index in [9.17, 15) is 24.7 Å². The third-order valence-electron chi connectivity index (χ3n) is 7.24. The normalized spacial score (nSPS) is 21.6. The molecule has 1 unspecified atom stereocenters. The number of hydrogen-bond donors (Lipinski definition) is 3. The zero-order valence-corrected chi connectivity index (χ0v) is 22.7. The predicted molar refractivity (Wildman–Crippen MR) is 149 cm³/mol. The molecule has 2 aliphatic heterocycles. The molecule has 2 fully saturated rings. The van der Waals surface area contributed by atoms with E-state index in [2.05, 4.69) is 31.2 Å². The van der Waals surface area contributed by atoms with Gasteiger partial charge in [0.25, 0.3) is 5.91 Å². The van der Waals surface area contributed by atoms with Crippen molar-refractivity contribution in [2.24, 2.45) is 0 Å². The molecular formula is C29H32FN7O4. The molecule has 2 aromatic carbocycles. The van der Waals surface area contributed by atoms with E-state index in [-0.39, 0.29) is 36.9 Å². The number of rotatable bonds is 7. The fourth-order valence-corrected chi connectivity index (χ4v) is 5.07. The molecule has 0 bridgehead atoms. The Bertz CT molecular complexity index is 1420. The van der Waals surface area contributed by atoms with Crippen LogP contribution in [0.1, 0.15) is 31.7 Å². The number of carbonyl (C=O) groups excluding carboxylic acids is 1. The third-order valence-corrected chi connectivity index (χ3v) is 7.24. The van der Waals surface area contributed by atoms with Crippen LogP contribution in [0.15, 0.2) is 48.8 Å². The second-order valence-corrected chi connectivity index (χ2v) is 10.3. The van der Waals surface area contributed by atoms with E-state index in [4.69, 9.17) is 4.74 Å². The summed E-state index contributed by atoms with van der Waals surface area (Å²) in [6, 6.07) is 14.7. The molecule has 3 aromatic rings. The lowest BCUT2D eigenvalue weighted by Gasteiger charge is -2.35. The number of β-amino-alcohol motifs (C(OH)–C–C–N with tert-alkyl or cyclic N) is 1. The number of hydrogen-bond acceptors (Lipinski definition) is 10. The Morgan fingerprint density at radius 1 is 1.17 bits per heavy atom. The minimum absolute atomic E-state index is 0.181. The molecule has 3 heterocycles. The van der Waals surface area contributed by atoms with Gasteiger partial charge in [0.2, 0.25) is 5.95 Å². The van der Waals surface area contributed by atoms with E-state index in [1.54, 1.807) is 18.2 Å². The highest BCUT2D eigenvalue weighted by molar-refractivity contribution is 5.80. The van der Waals surface area contributed by atoms with E-state index in [0.29, 0.717) is 23.9 Å². The van der Waals surface area contributed by atoms with Crippen LogP contribution < -0.4 is 15.0 Å². The first-order chi connectivity index (χ1) is 19.8. The number of carbonyl (C=O) groups is 1. The second-order valence-electron chi connectivity index (χ2n) is 10.3. The Morgan fingerprint density at radius 2 is 1.98 bits per heavy atom. The van der Waals surface area contributed by atoms with Gasteiger partial charge in [-0.2, -0.15) is 10.2 Å². The number of nitrogens with zero attached hydrogens (tertiary/aromatic N) is 6. The molecule has 0 aliphatic carbocycles. The zero-order valence-electron chi connectivity index (χ0n) is 22.7. The van der Waals surface area contributed by atoms with E-state index in [1.165, 1.54) is 18.2 Å². The predicted octanol–water partition coefficient (Wildman–Crippen LogP) is 2.81. The monoisotopic (exact) mass is 561 g/mol. The molecule has 2 aliphatic rings. The molecule has 12 heteroatoms. The van der Waals surface area contributed by atoms with Crippen LogP contribution >= 0.6 is 0 Å². The molecular weight excluding hydrogens is 529 g/mol. The van der Waals surface area contributed by atoms with Crippen LogP contribution in [-0.4, -0.2) is 86.6 Å². The van der Waals surface area contributed by atoms with Crippen molar-refractivity contribution in [3.63, 3.8) is 0 Å². The quantitative estimate of drug-likeness (QED) is 0.393. The van der Waals surface area contributed by atoms with Crippen LogP contribution in [0.25, 0.3) is 11.4 Å². The zero-order chi connectivity index (χ0) is 28.9. The smallest absolute Gasteiger partial charge is 0.251 e. The van der Waals surface area contributed by atoms with Crippen molar-refractivity contribution in [1.82, 2.24) is 19.9 Å². The van der Waals surface area contributed by atoms with Crippen LogP contribution in [0.2, 0.25) is 0 Å². The highest BCUT2D eigenvalue weighted by Crippen LogP contribution is 2.29. The van der Waals surface area contributed by atoms with Crippen molar-refractivity contribution in [2.75, 3.05) is 36.4 Å². The van der Waals surface area contributed by atoms with Crippen molar-refractivity contribution in [3.05, 3.63) is 54.4 Å².